The molecule has 0 fully saturated rings. The summed E-state index contributed by atoms with van der Waals surface area (Å²) in [5.74, 6) is 0.0283. The quantitative estimate of drug-likeness (QED) is 0.739. The van der Waals surface area contributed by atoms with E-state index in [1.165, 1.54) is 0 Å². The van der Waals surface area contributed by atoms with Gasteiger partial charge in [0.2, 0.25) is 5.91 Å². The van der Waals surface area contributed by atoms with Gasteiger partial charge in [-0.05, 0) is 44.4 Å². The second-order valence-electron chi connectivity index (χ2n) is 4.86. The molecule has 0 saturated heterocycles. The highest BCUT2D eigenvalue weighted by atomic mass is 35.5. The van der Waals surface area contributed by atoms with Crippen molar-refractivity contribution in [1.82, 2.24) is 5.32 Å². The Morgan fingerprint density at radius 1 is 1.35 bits per heavy atom. The molecule has 0 atom stereocenters. The first kappa shape index (κ1) is 17.3. The largest absolute Gasteiger partial charge is 0.379 e. The SMILES string of the molecule is CC(C)OCCCNC(=O)CCc1ccc(Cl)cc1Cl. The summed E-state index contributed by atoms with van der Waals surface area (Å²) in [7, 11) is 0. The van der Waals surface area contributed by atoms with E-state index in [1.54, 1.807) is 12.1 Å². The molecular weight excluding hydrogens is 297 g/mol. The lowest BCUT2D eigenvalue weighted by Gasteiger charge is -2.08. The van der Waals surface area contributed by atoms with Gasteiger partial charge >= 0.3 is 0 Å². The minimum absolute atomic E-state index is 0.0283. The average molecular weight is 318 g/mol. The van der Waals surface area contributed by atoms with Gasteiger partial charge in [-0.15, -0.1) is 0 Å². The van der Waals surface area contributed by atoms with Gasteiger partial charge in [-0.3, -0.25) is 4.79 Å². The predicted octanol–water partition coefficient (Wildman–Crippen LogP) is 3.86. The Kier molecular flexibility index (Phi) is 7.97. The summed E-state index contributed by atoms with van der Waals surface area (Å²) in [6, 6.07) is 5.33. The maximum atomic E-state index is 11.7. The molecule has 1 rings (SSSR count). The van der Waals surface area contributed by atoms with E-state index in [0.717, 1.165) is 12.0 Å². The Bertz CT molecular complexity index is 436. The van der Waals surface area contributed by atoms with Crippen molar-refractivity contribution in [3.8, 4) is 0 Å². The number of amides is 1. The zero-order valence-corrected chi connectivity index (χ0v) is 13.4. The second kappa shape index (κ2) is 9.22. The summed E-state index contributed by atoms with van der Waals surface area (Å²) >= 11 is 11.9. The van der Waals surface area contributed by atoms with Crippen LogP contribution in [0, 0.1) is 0 Å². The number of carbonyl (C=O) groups is 1. The molecule has 112 valence electrons. The van der Waals surface area contributed by atoms with Crippen molar-refractivity contribution < 1.29 is 9.53 Å². The molecule has 0 aliphatic heterocycles. The third-order valence-electron chi connectivity index (χ3n) is 2.73. The van der Waals surface area contributed by atoms with Crippen LogP contribution in [0.2, 0.25) is 10.0 Å². The van der Waals surface area contributed by atoms with Gasteiger partial charge in [-0.25, -0.2) is 0 Å². The Morgan fingerprint density at radius 2 is 2.10 bits per heavy atom. The van der Waals surface area contributed by atoms with E-state index < -0.39 is 0 Å². The first-order valence-corrected chi connectivity index (χ1v) is 7.57. The highest BCUT2D eigenvalue weighted by molar-refractivity contribution is 6.35. The molecule has 1 aromatic carbocycles. The summed E-state index contributed by atoms with van der Waals surface area (Å²) in [4.78, 5) is 11.7. The molecule has 1 amide bonds. The number of hydrogen-bond acceptors (Lipinski definition) is 2. The van der Waals surface area contributed by atoms with E-state index in [0.29, 0.717) is 36.0 Å². The van der Waals surface area contributed by atoms with E-state index in [4.69, 9.17) is 27.9 Å². The van der Waals surface area contributed by atoms with E-state index in [2.05, 4.69) is 5.32 Å². The van der Waals surface area contributed by atoms with Crippen molar-refractivity contribution in [3.63, 3.8) is 0 Å². The fourth-order valence-corrected chi connectivity index (χ4v) is 2.18. The summed E-state index contributed by atoms with van der Waals surface area (Å²) in [5, 5.41) is 4.08. The van der Waals surface area contributed by atoms with Crippen LogP contribution in [0.3, 0.4) is 0 Å². The maximum Gasteiger partial charge on any atom is 0.220 e. The van der Waals surface area contributed by atoms with Gasteiger partial charge in [0, 0.05) is 29.6 Å². The van der Waals surface area contributed by atoms with Gasteiger partial charge in [0.05, 0.1) is 6.10 Å². The fraction of sp³-hybridized carbons (Fsp3) is 0.533. The average Bonchev–Trinajstić information content (AvgIpc) is 2.37. The Balaban J connectivity index is 2.19. The third kappa shape index (κ3) is 7.13. The van der Waals surface area contributed by atoms with Gasteiger partial charge in [-0.1, -0.05) is 29.3 Å². The Labute approximate surface area is 130 Å². The number of ether oxygens (including phenoxy) is 1. The van der Waals surface area contributed by atoms with Crippen LogP contribution >= 0.6 is 23.2 Å². The molecule has 3 nitrogen and oxygen atoms in total. The summed E-state index contributed by atoms with van der Waals surface area (Å²) in [6.45, 7) is 5.30. The van der Waals surface area contributed by atoms with Crippen molar-refractivity contribution in [2.75, 3.05) is 13.2 Å². The molecule has 0 radical (unpaired) electrons. The zero-order chi connectivity index (χ0) is 15.0. The highest BCUT2D eigenvalue weighted by Gasteiger charge is 2.05. The number of halogens is 2. The summed E-state index contributed by atoms with van der Waals surface area (Å²) < 4.78 is 5.40. The van der Waals surface area contributed by atoms with Gasteiger partial charge < -0.3 is 10.1 Å². The van der Waals surface area contributed by atoms with E-state index in [9.17, 15) is 4.79 Å². The van der Waals surface area contributed by atoms with Crippen LogP contribution in [0.1, 0.15) is 32.3 Å². The molecule has 0 bridgehead atoms. The van der Waals surface area contributed by atoms with E-state index in [1.807, 2.05) is 19.9 Å². The van der Waals surface area contributed by atoms with E-state index >= 15 is 0 Å². The van der Waals surface area contributed by atoms with Crippen LogP contribution < -0.4 is 5.32 Å². The lowest BCUT2D eigenvalue weighted by atomic mass is 10.1. The van der Waals surface area contributed by atoms with Crippen molar-refractivity contribution in [2.24, 2.45) is 0 Å². The number of carbonyl (C=O) groups excluding carboxylic acids is 1. The number of benzene rings is 1. The molecule has 20 heavy (non-hydrogen) atoms. The van der Waals surface area contributed by atoms with Gasteiger partial charge in [-0.2, -0.15) is 0 Å². The minimum atomic E-state index is 0.0283. The fourth-order valence-electron chi connectivity index (χ4n) is 1.68. The molecule has 0 spiro atoms. The van der Waals surface area contributed by atoms with Gasteiger partial charge in [0.25, 0.3) is 0 Å². The summed E-state index contributed by atoms with van der Waals surface area (Å²) in [6.07, 6.45) is 2.10. The molecule has 1 N–H and O–H groups in total. The van der Waals surface area contributed by atoms with Crippen molar-refractivity contribution in [2.45, 2.75) is 39.2 Å². The molecule has 1 aromatic rings. The standard InChI is InChI=1S/C15H21Cl2NO2/c1-11(2)20-9-3-8-18-15(19)7-5-12-4-6-13(16)10-14(12)17/h4,6,10-11H,3,5,7-9H2,1-2H3,(H,18,19). The Hall–Kier alpha value is -0.770. The lowest BCUT2D eigenvalue weighted by molar-refractivity contribution is -0.121. The lowest BCUT2D eigenvalue weighted by Crippen LogP contribution is -2.25. The smallest absolute Gasteiger partial charge is 0.220 e. The molecule has 0 saturated carbocycles. The van der Waals surface area contributed by atoms with Crippen molar-refractivity contribution >= 4 is 29.1 Å². The molecule has 0 aromatic heterocycles. The minimum Gasteiger partial charge on any atom is -0.379 e. The molecule has 5 heteroatoms. The van der Waals surface area contributed by atoms with Crippen LogP contribution in [-0.4, -0.2) is 25.2 Å². The van der Waals surface area contributed by atoms with Crippen LogP contribution in [0.15, 0.2) is 18.2 Å². The topological polar surface area (TPSA) is 38.3 Å². The first-order chi connectivity index (χ1) is 9.49. The normalized spacial score (nSPS) is 10.8. The predicted molar refractivity (Wildman–Crippen MR) is 83.5 cm³/mol. The van der Waals surface area contributed by atoms with Crippen molar-refractivity contribution in [3.05, 3.63) is 33.8 Å². The second-order valence-corrected chi connectivity index (χ2v) is 5.70. The van der Waals surface area contributed by atoms with Crippen molar-refractivity contribution in [1.29, 1.82) is 0 Å². The number of rotatable bonds is 8. The monoisotopic (exact) mass is 317 g/mol. The molecule has 0 aliphatic rings. The summed E-state index contributed by atoms with van der Waals surface area (Å²) in [5.41, 5.74) is 0.939. The molecule has 0 heterocycles. The Morgan fingerprint density at radius 3 is 2.75 bits per heavy atom. The maximum absolute atomic E-state index is 11.7. The number of nitrogens with one attached hydrogen (secondary N) is 1. The van der Waals surface area contributed by atoms with Gasteiger partial charge in [0.15, 0.2) is 0 Å². The van der Waals surface area contributed by atoms with Crippen LogP contribution in [0.4, 0.5) is 0 Å². The molecule has 0 unspecified atom stereocenters. The number of aryl methyl sites for hydroxylation is 1. The third-order valence-corrected chi connectivity index (χ3v) is 3.32. The van der Waals surface area contributed by atoms with E-state index in [-0.39, 0.29) is 12.0 Å². The van der Waals surface area contributed by atoms with Crippen LogP contribution in [0.5, 0.6) is 0 Å². The zero-order valence-electron chi connectivity index (χ0n) is 11.9. The van der Waals surface area contributed by atoms with Crippen LogP contribution in [-0.2, 0) is 16.0 Å². The first-order valence-electron chi connectivity index (χ1n) is 6.81. The highest BCUT2D eigenvalue weighted by Crippen LogP contribution is 2.21. The van der Waals surface area contributed by atoms with Gasteiger partial charge in [0.1, 0.15) is 0 Å². The number of hydrogen-bond donors (Lipinski definition) is 1. The molecular formula is C15H21Cl2NO2. The van der Waals surface area contributed by atoms with Crippen LogP contribution in [0.25, 0.3) is 0 Å². The molecule has 0 aliphatic carbocycles.